The molecule has 1 saturated heterocycles. The Labute approximate surface area is 460 Å². The van der Waals surface area contributed by atoms with Gasteiger partial charge in [0, 0.05) is 81.6 Å². The summed E-state index contributed by atoms with van der Waals surface area (Å²) >= 11 is 0. The standard InChI is InChI=1S/C62H63N11O7/c1-7-71(47-27-30-51-53(36-47)59(77)67-65-57(51)75)45-21-13-40(14-22-45)50(39-11-19-43(20-12-39)69(3)4)10-9-34-62(41-15-23-44(24-16-41)70(5)6,64-55-33-35-73(61(79)63-55)56-32-29-49(38-74)80-56)42-17-25-46(26-18-42)72(8-2)48-28-31-52-54(37-48)60(78)68-66-58(52)76/h9-28,30-31,33-37,49,56,74H,7-8,29,32,38H2,1-6H3,(H,65,75)(H,66,76)(H,67,77)(H,68,78)(H,63,64,79)/b34-9+,50-10-. The third-order valence-electron chi connectivity index (χ3n) is 14.8. The first kappa shape index (κ1) is 53.9. The number of benzene rings is 6. The zero-order chi connectivity index (χ0) is 56.2. The van der Waals surface area contributed by atoms with Crippen molar-refractivity contribution in [2.75, 3.05) is 72.8 Å². The van der Waals surface area contributed by atoms with Gasteiger partial charge in [-0.15, -0.1) is 0 Å². The summed E-state index contributed by atoms with van der Waals surface area (Å²) in [4.78, 5) is 77.7. The normalized spacial score (nSPS) is 15.3. The molecule has 18 nitrogen and oxygen atoms in total. The lowest BCUT2D eigenvalue weighted by Gasteiger charge is -2.35. The number of hydrogen-bond donors (Lipinski definition) is 6. The Morgan fingerprint density at radius 2 is 1.04 bits per heavy atom. The van der Waals surface area contributed by atoms with Crippen molar-refractivity contribution in [3.63, 3.8) is 0 Å². The summed E-state index contributed by atoms with van der Waals surface area (Å²) < 4.78 is 7.45. The highest BCUT2D eigenvalue weighted by Crippen LogP contribution is 2.39. The number of nitrogens with zero attached hydrogens (tertiary/aromatic N) is 6. The highest BCUT2D eigenvalue weighted by Gasteiger charge is 2.34. The van der Waals surface area contributed by atoms with Crippen molar-refractivity contribution in [2.24, 2.45) is 0 Å². The number of anilines is 7. The molecule has 3 atom stereocenters. The molecule has 1 aliphatic rings. The average molecular weight is 1070 g/mol. The van der Waals surface area contributed by atoms with Crippen molar-refractivity contribution in [1.29, 1.82) is 0 Å². The highest BCUT2D eigenvalue weighted by molar-refractivity contribution is 5.87. The number of fused-ring (bicyclic) bond motifs is 2. The minimum Gasteiger partial charge on any atom is -0.394 e. The number of aromatic amines is 4. The average Bonchev–Trinajstić information content (AvgIpc) is 3.97. The summed E-state index contributed by atoms with van der Waals surface area (Å²) in [5, 5.41) is 24.4. The maximum absolute atomic E-state index is 14.0. The lowest BCUT2D eigenvalue weighted by atomic mass is 9.81. The van der Waals surface area contributed by atoms with E-state index in [9.17, 15) is 29.1 Å². The van der Waals surface area contributed by atoms with E-state index in [1.54, 1.807) is 36.5 Å². The molecule has 0 radical (unpaired) electrons. The van der Waals surface area contributed by atoms with Crippen molar-refractivity contribution < 1.29 is 9.84 Å². The molecule has 1 aliphatic heterocycles. The Bertz CT molecular complexity index is 4070. The van der Waals surface area contributed by atoms with Gasteiger partial charge in [0.05, 0.1) is 34.3 Å². The van der Waals surface area contributed by atoms with Crippen LogP contribution in [0.3, 0.4) is 0 Å². The van der Waals surface area contributed by atoms with E-state index in [-0.39, 0.29) is 34.8 Å². The van der Waals surface area contributed by atoms with Crippen molar-refractivity contribution in [3.05, 3.63) is 238 Å². The van der Waals surface area contributed by atoms with E-state index in [0.717, 1.165) is 62.0 Å². The molecule has 0 amide bonds. The van der Waals surface area contributed by atoms with Gasteiger partial charge in [-0.25, -0.2) is 4.79 Å². The third kappa shape index (κ3) is 10.7. The van der Waals surface area contributed by atoms with Gasteiger partial charge < -0.3 is 34.8 Å². The fourth-order valence-corrected chi connectivity index (χ4v) is 10.5. The summed E-state index contributed by atoms with van der Waals surface area (Å²) in [5.41, 5.74) is 6.42. The van der Waals surface area contributed by atoms with E-state index in [0.29, 0.717) is 47.9 Å². The molecular formula is C62H63N11O7. The Balaban J connectivity index is 1.11. The Morgan fingerprint density at radius 3 is 1.48 bits per heavy atom. The van der Waals surface area contributed by atoms with Gasteiger partial charge in [-0.2, -0.15) is 4.98 Å². The SMILES string of the molecule is CCN(c1ccc(/C(=C\C=C\C(Nc2ccn(C3CCC(CO)O3)c(=O)n2)(c2ccc(N(C)C)cc2)c2ccc(N(CC)c3ccc4c(=O)[nH][nH]c(=O)c4c3)cc2)c2ccc(N(C)C)cc2)cc1)c1ccc2c(=O)[nH][nH]c(=O)c2c1. The van der Waals surface area contributed by atoms with Gasteiger partial charge in [-0.05, 0) is 146 Å². The number of rotatable bonds is 18. The van der Waals surface area contributed by atoms with Crippen LogP contribution in [0.2, 0.25) is 0 Å². The van der Waals surface area contributed by atoms with Gasteiger partial charge in [0.1, 0.15) is 17.6 Å². The van der Waals surface area contributed by atoms with Gasteiger partial charge in [0.15, 0.2) is 0 Å². The molecule has 3 aromatic heterocycles. The number of aliphatic hydroxyl groups excluding tert-OH is 1. The number of allylic oxidation sites excluding steroid dienone is 2. The monoisotopic (exact) mass is 1070 g/mol. The van der Waals surface area contributed by atoms with Gasteiger partial charge in [0.25, 0.3) is 22.2 Å². The topological polar surface area (TPSA) is 221 Å². The second-order valence-electron chi connectivity index (χ2n) is 20.1. The van der Waals surface area contributed by atoms with Gasteiger partial charge >= 0.3 is 5.69 Å². The van der Waals surface area contributed by atoms with Crippen LogP contribution >= 0.6 is 0 Å². The summed E-state index contributed by atoms with van der Waals surface area (Å²) in [5.74, 6) is 0.308. The van der Waals surface area contributed by atoms with Crippen molar-refractivity contribution in [1.82, 2.24) is 29.9 Å². The molecule has 0 saturated carbocycles. The van der Waals surface area contributed by atoms with E-state index < -0.39 is 23.0 Å². The number of hydrogen-bond acceptors (Lipinski definition) is 13. The molecule has 0 aliphatic carbocycles. The van der Waals surface area contributed by atoms with Crippen molar-refractivity contribution in [2.45, 2.75) is 44.6 Å². The summed E-state index contributed by atoms with van der Waals surface area (Å²) in [7, 11) is 7.97. The van der Waals surface area contributed by atoms with E-state index in [2.05, 4.69) is 106 Å². The molecule has 3 unspecified atom stereocenters. The zero-order valence-corrected chi connectivity index (χ0v) is 45.4. The quantitative estimate of drug-likeness (QED) is 0.0445. The molecule has 0 spiro atoms. The molecule has 6 N–H and O–H groups in total. The number of H-pyrrole nitrogens is 4. The second kappa shape index (κ2) is 22.8. The largest absolute Gasteiger partial charge is 0.394 e. The molecule has 80 heavy (non-hydrogen) atoms. The van der Waals surface area contributed by atoms with Crippen LogP contribution < -0.4 is 52.8 Å². The summed E-state index contributed by atoms with van der Waals surface area (Å²) in [6, 6.07) is 45.1. The first-order chi connectivity index (χ1) is 38.7. The number of aromatic nitrogens is 6. The number of ether oxygens (including phenoxy) is 1. The minimum absolute atomic E-state index is 0.140. The van der Waals surface area contributed by atoms with Gasteiger partial charge in [-0.3, -0.25) is 44.1 Å². The Morgan fingerprint density at radius 1 is 0.600 bits per heavy atom. The fourth-order valence-electron chi connectivity index (χ4n) is 10.5. The maximum atomic E-state index is 14.0. The lowest BCUT2D eigenvalue weighted by Crippen LogP contribution is -2.37. The van der Waals surface area contributed by atoms with E-state index in [1.165, 1.54) is 4.57 Å². The van der Waals surface area contributed by atoms with Crippen LogP contribution in [0.15, 0.2) is 188 Å². The molecule has 10 rings (SSSR count). The summed E-state index contributed by atoms with van der Waals surface area (Å²) in [6.45, 7) is 5.03. The van der Waals surface area contributed by atoms with Crippen LogP contribution in [0.1, 0.15) is 55.2 Å². The van der Waals surface area contributed by atoms with Crippen LogP contribution in [0.25, 0.3) is 27.1 Å². The van der Waals surface area contributed by atoms with Crippen LogP contribution in [0.5, 0.6) is 0 Å². The van der Waals surface area contributed by atoms with E-state index in [4.69, 9.17) is 4.74 Å². The predicted molar refractivity (Wildman–Crippen MR) is 320 cm³/mol. The first-order valence-electron chi connectivity index (χ1n) is 26.5. The van der Waals surface area contributed by atoms with Crippen LogP contribution in [-0.2, 0) is 10.3 Å². The molecule has 9 aromatic rings. The van der Waals surface area contributed by atoms with Crippen molar-refractivity contribution in [3.8, 4) is 0 Å². The molecule has 1 fully saturated rings. The number of nitrogens with one attached hydrogen (secondary N) is 5. The molecular weight excluding hydrogens is 1010 g/mol. The minimum atomic E-state index is -1.19. The van der Waals surface area contributed by atoms with Crippen LogP contribution in [0.4, 0.5) is 39.9 Å². The molecule has 4 heterocycles. The van der Waals surface area contributed by atoms with Crippen LogP contribution in [-0.4, -0.2) is 89.0 Å². The fraction of sp³-hybridized carbons (Fsp3) is 0.226. The van der Waals surface area contributed by atoms with Gasteiger partial charge in [-0.1, -0.05) is 66.8 Å². The zero-order valence-electron chi connectivity index (χ0n) is 45.4. The third-order valence-corrected chi connectivity index (χ3v) is 14.8. The summed E-state index contributed by atoms with van der Waals surface area (Å²) in [6.07, 6.45) is 8.09. The van der Waals surface area contributed by atoms with E-state index in [1.807, 2.05) is 114 Å². The molecule has 18 heteroatoms. The molecule has 0 bridgehead atoms. The van der Waals surface area contributed by atoms with Crippen molar-refractivity contribution >= 4 is 67.1 Å². The molecule has 6 aromatic carbocycles. The first-order valence-corrected chi connectivity index (χ1v) is 26.5. The van der Waals surface area contributed by atoms with Crippen LogP contribution in [0, 0.1) is 0 Å². The van der Waals surface area contributed by atoms with Gasteiger partial charge in [0.2, 0.25) is 0 Å². The highest BCUT2D eigenvalue weighted by atomic mass is 16.5. The Kier molecular flexibility index (Phi) is 15.4. The number of aliphatic hydroxyl groups is 1. The second-order valence-corrected chi connectivity index (χ2v) is 20.1. The Hall–Kier alpha value is -9.52. The molecule has 408 valence electrons. The maximum Gasteiger partial charge on any atom is 0.351 e. The predicted octanol–water partition coefficient (Wildman–Crippen LogP) is 8.46. The van der Waals surface area contributed by atoms with E-state index >= 15 is 0 Å². The smallest absolute Gasteiger partial charge is 0.351 e. The lowest BCUT2D eigenvalue weighted by molar-refractivity contribution is -0.0245.